The normalized spacial score (nSPS) is 21.2. The summed E-state index contributed by atoms with van der Waals surface area (Å²) >= 11 is 3.50. The van der Waals surface area contributed by atoms with Gasteiger partial charge >= 0.3 is 6.03 Å². The number of aromatic nitrogens is 2. The van der Waals surface area contributed by atoms with Gasteiger partial charge in [-0.15, -0.1) is 0 Å². The molecule has 3 heterocycles. The van der Waals surface area contributed by atoms with Crippen LogP contribution in [0.4, 0.5) is 4.79 Å². The number of nitrogens with zero attached hydrogens (tertiary/aromatic N) is 3. The first-order chi connectivity index (χ1) is 16.3. The summed E-state index contributed by atoms with van der Waals surface area (Å²) < 4.78 is 3.06. The number of rotatable bonds is 4. The van der Waals surface area contributed by atoms with Gasteiger partial charge in [0, 0.05) is 34.7 Å². The van der Waals surface area contributed by atoms with Crippen molar-refractivity contribution in [3.05, 3.63) is 64.3 Å². The molecule has 2 saturated heterocycles. The predicted molar refractivity (Wildman–Crippen MR) is 131 cm³/mol. The molecule has 1 atom stereocenters. The van der Waals surface area contributed by atoms with Crippen molar-refractivity contribution < 1.29 is 14.4 Å². The van der Waals surface area contributed by atoms with Crippen LogP contribution in [0.2, 0.25) is 0 Å². The van der Waals surface area contributed by atoms with Crippen molar-refractivity contribution >= 4 is 44.7 Å². The Morgan fingerprint density at radius 3 is 2.44 bits per heavy atom. The van der Waals surface area contributed by atoms with Gasteiger partial charge in [-0.2, -0.15) is 5.10 Å². The fourth-order valence-corrected chi connectivity index (χ4v) is 5.39. The van der Waals surface area contributed by atoms with Gasteiger partial charge in [0.15, 0.2) is 0 Å². The number of fused-ring (bicyclic) bond motifs is 1. The molecule has 1 unspecified atom stereocenters. The molecule has 1 aromatic heterocycles. The number of halogens is 1. The Hall–Kier alpha value is -3.20. The number of amides is 4. The highest BCUT2D eigenvalue weighted by Gasteiger charge is 2.50. The molecular weight excluding hydrogens is 498 g/mol. The highest BCUT2D eigenvalue weighted by Crippen LogP contribution is 2.33. The summed E-state index contributed by atoms with van der Waals surface area (Å²) in [5.41, 5.74) is 1.08. The summed E-state index contributed by atoms with van der Waals surface area (Å²) in [7, 11) is 0. The maximum absolute atomic E-state index is 13.1. The average Bonchev–Trinajstić information content (AvgIpc) is 3.39. The van der Waals surface area contributed by atoms with Crippen molar-refractivity contribution in [1.82, 2.24) is 25.3 Å². The van der Waals surface area contributed by atoms with Crippen LogP contribution in [0.5, 0.6) is 0 Å². The maximum atomic E-state index is 13.1. The van der Waals surface area contributed by atoms with Gasteiger partial charge in [0.1, 0.15) is 5.54 Å². The molecule has 0 saturated carbocycles. The van der Waals surface area contributed by atoms with Crippen LogP contribution in [0.3, 0.4) is 0 Å². The van der Waals surface area contributed by atoms with Gasteiger partial charge < -0.3 is 10.2 Å². The van der Waals surface area contributed by atoms with Crippen LogP contribution < -0.4 is 10.6 Å². The Bertz CT molecular complexity index is 1280. The quantitative estimate of drug-likeness (QED) is 0.505. The lowest BCUT2D eigenvalue weighted by Gasteiger charge is -2.33. The van der Waals surface area contributed by atoms with E-state index >= 15 is 0 Å². The molecule has 2 fully saturated rings. The molecule has 0 radical (unpaired) electrons. The lowest BCUT2D eigenvalue weighted by Crippen LogP contribution is -2.48. The van der Waals surface area contributed by atoms with E-state index in [-0.39, 0.29) is 23.8 Å². The van der Waals surface area contributed by atoms with Crippen molar-refractivity contribution in [1.29, 1.82) is 0 Å². The van der Waals surface area contributed by atoms with Crippen LogP contribution >= 0.6 is 15.9 Å². The van der Waals surface area contributed by atoms with Crippen LogP contribution in [0, 0.1) is 5.92 Å². The van der Waals surface area contributed by atoms with Crippen molar-refractivity contribution in [3.63, 3.8) is 0 Å². The van der Waals surface area contributed by atoms with Crippen LogP contribution in [0.25, 0.3) is 10.9 Å². The van der Waals surface area contributed by atoms with E-state index in [0.717, 1.165) is 28.2 Å². The number of carbonyl (C=O) groups is 3. The molecule has 8 nitrogen and oxygen atoms in total. The van der Waals surface area contributed by atoms with Crippen molar-refractivity contribution in [2.75, 3.05) is 13.1 Å². The third kappa shape index (κ3) is 3.77. The highest BCUT2D eigenvalue weighted by atomic mass is 79.9. The van der Waals surface area contributed by atoms with E-state index in [0.29, 0.717) is 24.2 Å². The van der Waals surface area contributed by atoms with E-state index in [1.807, 2.05) is 35.6 Å². The second-order valence-corrected chi connectivity index (χ2v) is 10.2. The van der Waals surface area contributed by atoms with Gasteiger partial charge in [0.2, 0.25) is 0 Å². The van der Waals surface area contributed by atoms with E-state index in [1.165, 1.54) is 0 Å². The number of hydrogen-bond acceptors (Lipinski definition) is 4. The van der Waals surface area contributed by atoms with Gasteiger partial charge in [0.05, 0.1) is 11.6 Å². The van der Waals surface area contributed by atoms with Crippen LogP contribution in [-0.4, -0.2) is 45.6 Å². The molecule has 2 aliphatic heterocycles. The van der Waals surface area contributed by atoms with E-state index in [4.69, 9.17) is 5.10 Å². The Morgan fingerprint density at radius 2 is 1.82 bits per heavy atom. The van der Waals surface area contributed by atoms with E-state index < -0.39 is 11.6 Å². The lowest BCUT2D eigenvalue weighted by molar-refractivity contribution is -0.125. The molecule has 176 valence electrons. The SMILES string of the molecule is CC(C)C1(c2ccc(C(=O)N3CCC(n4cc5cc(Br)ccc5n4)CC3)cc2)NC(=O)NC1=O. The molecule has 2 aromatic carbocycles. The third-order valence-corrected chi connectivity index (χ3v) is 7.45. The van der Waals surface area contributed by atoms with Crippen molar-refractivity contribution in [2.24, 2.45) is 5.92 Å². The molecule has 2 aliphatic rings. The Labute approximate surface area is 205 Å². The van der Waals surface area contributed by atoms with Gasteiger partial charge in [-0.3, -0.25) is 19.6 Å². The highest BCUT2D eigenvalue weighted by molar-refractivity contribution is 9.10. The maximum Gasteiger partial charge on any atom is 0.322 e. The first kappa shape index (κ1) is 22.6. The Balaban J connectivity index is 1.27. The largest absolute Gasteiger partial charge is 0.338 e. The molecule has 9 heteroatoms. The number of benzene rings is 2. The zero-order valence-corrected chi connectivity index (χ0v) is 20.6. The summed E-state index contributed by atoms with van der Waals surface area (Å²) in [6.07, 6.45) is 3.74. The number of hydrogen-bond donors (Lipinski definition) is 2. The van der Waals surface area contributed by atoms with Gasteiger partial charge in [0.25, 0.3) is 11.8 Å². The molecule has 5 rings (SSSR count). The minimum atomic E-state index is -1.13. The molecule has 0 bridgehead atoms. The fourth-order valence-electron chi connectivity index (χ4n) is 5.01. The van der Waals surface area contributed by atoms with Gasteiger partial charge in [-0.05, 0) is 54.7 Å². The number of likely N-dealkylation sites (tertiary alicyclic amines) is 1. The summed E-state index contributed by atoms with van der Waals surface area (Å²) in [4.78, 5) is 39.4. The summed E-state index contributed by atoms with van der Waals surface area (Å²) in [5, 5.41) is 10.9. The number of piperidine rings is 1. The van der Waals surface area contributed by atoms with Gasteiger partial charge in [-0.25, -0.2) is 4.79 Å². The molecule has 0 aliphatic carbocycles. The fraction of sp³-hybridized carbons (Fsp3) is 0.360. The molecule has 2 N–H and O–H groups in total. The van der Waals surface area contributed by atoms with E-state index in [2.05, 4.69) is 38.8 Å². The number of imide groups is 1. The van der Waals surface area contributed by atoms with E-state index in [9.17, 15) is 14.4 Å². The standard InChI is InChI=1S/C25H26BrN5O3/c1-15(2)25(23(33)27-24(34)28-25)18-5-3-16(4-6-18)22(32)30-11-9-20(10-12-30)31-14-17-13-19(26)7-8-21(17)29-31/h3-8,13-15,20H,9-12H2,1-2H3,(H2,27,28,33,34). The summed E-state index contributed by atoms with van der Waals surface area (Å²) in [6, 6.07) is 12.8. The Morgan fingerprint density at radius 1 is 1.12 bits per heavy atom. The number of carbonyl (C=O) groups excluding carboxylic acids is 3. The zero-order valence-electron chi connectivity index (χ0n) is 19.0. The molecular formula is C25H26BrN5O3. The second-order valence-electron chi connectivity index (χ2n) is 9.28. The first-order valence-electron chi connectivity index (χ1n) is 11.5. The van der Waals surface area contributed by atoms with Crippen LogP contribution in [-0.2, 0) is 10.3 Å². The third-order valence-electron chi connectivity index (χ3n) is 6.96. The van der Waals surface area contributed by atoms with Crippen LogP contribution in [0.1, 0.15) is 48.7 Å². The Kier molecular flexibility index (Phi) is 5.67. The average molecular weight is 524 g/mol. The first-order valence-corrected chi connectivity index (χ1v) is 12.2. The molecule has 0 spiro atoms. The minimum Gasteiger partial charge on any atom is -0.338 e. The zero-order chi connectivity index (χ0) is 24.0. The van der Waals surface area contributed by atoms with Crippen molar-refractivity contribution in [2.45, 2.75) is 38.3 Å². The minimum absolute atomic E-state index is 0.0296. The smallest absolute Gasteiger partial charge is 0.322 e. The topological polar surface area (TPSA) is 96.3 Å². The van der Waals surface area contributed by atoms with Crippen molar-refractivity contribution in [3.8, 4) is 0 Å². The second kappa shape index (κ2) is 8.54. The van der Waals surface area contributed by atoms with Gasteiger partial charge in [-0.1, -0.05) is 41.9 Å². The number of urea groups is 1. The molecule has 4 amide bonds. The lowest BCUT2D eigenvalue weighted by atomic mass is 9.79. The van der Waals surface area contributed by atoms with E-state index in [1.54, 1.807) is 24.3 Å². The molecule has 3 aromatic rings. The predicted octanol–water partition coefficient (Wildman–Crippen LogP) is 3.97. The number of nitrogens with one attached hydrogen (secondary N) is 2. The monoisotopic (exact) mass is 523 g/mol. The molecule has 34 heavy (non-hydrogen) atoms. The summed E-state index contributed by atoms with van der Waals surface area (Å²) in [5.74, 6) is -0.551. The summed E-state index contributed by atoms with van der Waals surface area (Å²) in [6.45, 7) is 5.07. The van der Waals surface area contributed by atoms with Crippen LogP contribution in [0.15, 0.2) is 53.1 Å².